The van der Waals surface area contributed by atoms with Gasteiger partial charge in [-0.2, -0.15) is 0 Å². The first-order valence-electron chi connectivity index (χ1n) is 3.25. The third-order valence-electron chi connectivity index (χ3n) is 1.60. The Hall–Kier alpha value is -0.610. The molecular formula is C8H4BrFOS. The first kappa shape index (κ1) is 8.01. The molecule has 0 amide bonds. The predicted molar refractivity (Wildman–Crippen MR) is 51.1 cm³/mol. The van der Waals surface area contributed by atoms with Gasteiger partial charge in [0.1, 0.15) is 9.60 Å². The quantitative estimate of drug-likeness (QED) is 0.755. The molecule has 1 aromatic heterocycles. The summed E-state index contributed by atoms with van der Waals surface area (Å²) < 4.78 is 14.4. The molecule has 0 atom stereocenters. The van der Waals surface area contributed by atoms with E-state index in [2.05, 4.69) is 15.9 Å². The largest absolute Gasteiger partial charge is 0.505 e. The minimum atomic E-state index is -0.382. The van der Waals surface area contributed by atoms with Crippen molar-refractivity contribution in [2.75, 3.05) is 0 Å². The lowest BCUT2D eigenvalue weighted by atomic mass is 10.2. The van der Waals surface area contributed by atoms with Gasteiger partial charge in [0, 0.05) is 4.70 Å². The molecule has 0 unspecified atom stereocenters. The first-order valence-corrected chi connectivity index (χ1v) is 4.86. The Kier molecular flexibility index (Phi) is 1.81. The number of hydrogen-bond acceptors (Lipinski definition) is 2. The van der Waals surface area contributed by atoms with Crippen LogP contribution in [0.3, 0.4) is 0 Å². The highest BCUT2D eigenvalue weighted by Crippen LogP contribution is 2.41. The fourth-order valence-corrected chi connectivity index (χ4v) is 2.62. The van der Waals surface area contributed by atoms with Crippen molar-refractivity contribution in [3.8, 4) is 5.75 Å². The molecule has 0 fully saturated rings. The fourth-order valence-electron chi connectivity index (χ4n) is 1.06. The number of halogens is 2. The van der Waals surface area contributed by atoms with Crippen molar-refractivity contribution in [2.24, 2.45) is 0 Å². The molecule has 1 aromatic carbocycles. The minimum absolute atomic E-state index is 0.00639. The summed E-state index contributed by atoms with van der Waals surface area (Å²) in [5, 5.41) is 9.70. The highest BCUT2D eigenvalue weighted by molar-refractivity contribution is 9.11. The van der Waals surface area contributed by atoms with Gasteiger partial charge in [-0.1, -0.05) is 6.07 Å². The lowest BCUT2D eigenvalue weighted by Gasteiger charge is -1.91. The van der Waals surface area contributed by atoms with E-state index in [0.29, 0.717) is 9.17 Å². The fraction of sp³-hybridized carbons (Fsp3) is 0. The van der Waals surface area contributed by atoms with Crippen LogP contribution < -0.4 is 0 Å². The van der Waals surface area contributed by atoms with Crippen LogP contribution in [-0.4, -0.2) is 5.11 Å². The van der Waals surface area contributed by atoms with E-state index in [9.17, 15) is 9.50 Å². The van der Waals surface area contributed by atoms with Gasteiger partial charge in [-0.05, 0) is 28.1 Å². The summed E-state index contributed by atoms with van der Waals surface area (Å²) in [6.45, 7) is 0. The molecule has 0 aliphatic carbocycles. The van der Waals surface area contributed by atoms with Gasteiger partial charge in [-0.3, -0.25) is 0 Å². The average Bonchev–Trinajstić information content (AvgIpc) is 2.29. The molecule has 4 heteroatoms. The molecule has 0 bridgehead atoms. The summed E-state index contributed by atoms with van der Waals surface area (Å²) >= 11 is 4.46. The second kappa shape index (κ2) is 2.71. The second-order valence-corrected chi connectivity index (χ2v) is 4.71. The minimum Gasteiger partial charge on any atom is -0.505 e. The Morgan fingerprint density at radius 1 is 1.42 bits per heavy atom. The molecule has 0 saturated carbocycles. The second-order valence-electron chi connectivity index (χ2n) is 2.34. The van der Waals surface area contributed by atoms with Crippen molar-refractivity contribution >= 4 is 37.4 Å². The number of benzene rings is 1. The standard InChI is InChI=1S/C8H4BrFOS/c9-8-7(11)6-4(10)2-1-3-5(6)12-8/h1-3,11H. The van der Waals surface area contributed by atoms with E-state index in [0.717, 1.165) is 4.70 Å². The van der Waals surface area contributed by atoms with Gasteiger partial charge in [0.05, 0.1) is 5.39 Å². The van der Waals surface area contributed by atoms with Gasteiger partial charge in [0.15, 0.2) is 5.75 Å². The van der Waals surface area contributed by atoms with Crippen molar-refractivity contribution < 1.29 is 9.50 Å². The van der Waals surface area contributed by atoms with Crippen LogP contribution in [0.15, 0.2) is 22.0 Å². The molecule has 2 rings (SSSR count). The van der Waals surface area contributed by atoms with Crippen molar-refractivity contribution in [3.05, 3.63) is 27.8 Å². The molecule has 0 spiro atoms. The van der Waals surface area contributed by atoms with Crippen molar-refractivity contribution in [3.63, 3.8) is 0 Å². The lowest BCUT2D eigenvalue weighted by molar-refractivity contribution is 0.478. The summed E-state index contributed by atoms with van der Waals surface area (Å²) in [5.41, 5.74) is 0. The Morgan fingerprint density at radius 2 is 2.17 bits per heavy atom. The number of rotatable bonds is 0. The predicted octanol–water partition coefficient (Wildman–Crippen LogP) is 3.51. The number of thiophene rings is 1. The highest BCUT2D eigenvalue weighted by Gasteiger charge is 2.11. The molecular weight excluding hydrogens is 243 g/mol. The molecule has 12 heavy (non-hydrogen) atoms. The van der Waals surface area contributed by atoms with Gasteiger partial charge >= 0.3 is 0 Å². The topological polar surface area (TPSA) is 20.2 Å². The summed E-state index contributed by atoms with van der Waals surface area (Å²) in [6, 6.07) is 4.73. The highest BCUT2D eigenvalue weighted by atomic mass is 79.9. The molecule has 0 radical (unpaired) electrons. The first-order chi connectivity index (χ1) is 5.70. The Labute approximate surface area is 80.6 Å². The molecule has 0 aliphatic heterocycles. The van der Waals surface area contributed by atoms with Gasteiger partial charge in [0.25, 0.3) is 0 Å². The maximum Gasteiger partial charge on any atom is 0.151 e. The van der Waals surface area contributed by atoms with Gasteiger partial charge in [0.2, 0.25) is 0 Å². The van der Waals surface area contributed by atoms with E-state index in [-0.39, 0.29) is 11.6 Å². The molecule has 1 nitrogen and oxygen atoms in total. The number of hydrogen-bond donors (Lipinski definition) is 1. The molecule has 1 N–H and O–H groups in total. The van der Waals surface area contributed by atoms with Crippen molar-refractivity contribution in [1.82, 2.24) is 0 Å². The maximum atomic E-state index is 13.1. The normalized spacial score (nSPS) is 10.8. The van der Waals surface area contributed by atoms with Crippen LogP contribution in [0.2, 0.25) is 0 Å². The van der Waals surface area contributed by atoms with Crippen LogP contribution in [-0.2, 0) is 0 Å². The monoisotopic (exact) mass is 246 g/mol. The Morgan fingerprint density at radius 3 is 2.83 bits per heavy atom. The molecule has 2 aromatic rings. The van der Waals surface area contributed by atoms with Gasteiger partial charge in [-0.15, -0.1) is 11.3 Å². The van der Waals surface area contributed by atoms with Crippen molar-refractivity contribution in [2.45, 2.75) is 0 Å². The van der Waals surface area contributed by atoms with Crippen LogP contribution in [0.25, 0.3) is 10.1 Å². The van der Waals surface area contributed by atoms with E-state index < -0.39 is 0 Å². The molecule has 1 heterocycles. The third kappa shape index (κ3) is 1.03. The average molecular weight is 247 g/mol. The third-order valence-corrected chi connectivity index (χ3v) is 3.39. The molecule has 0 aliphatic rings. The SMILES string of the molecule is Oc1c(Br)sc2cccc(F)c12. The zero-order chi connectivity index (χ0) is 8.72. The Bertz CT molecular complexity index is 438. The zero-order valence-corrected chi connectivity index (χ0v) is 8.25. The van der Waals surface area contributed by atoms with Crippen LogP contribution in [0, 0.1) is 5.82 Å². The number of aromatic hydroxyl groups is 1. The summed E-state index contributed by atoms with van der Waals surface area (Å²) in [7, 11) is 0. The summed E-state index contributed by atoms with van der Waals surface area (Å²) in [4.78, 5) is 0. The van der Waals surface area contributed by atoms with E-state index >= 15 is 0 Å². The van der Waals surface area contributed by atoms with Crippen LogP contribution >= 0.6 is 27.3 Å². The van der Waals surface area contributed by atoms with E-state index in [1.165, 1.54) is 17.4 Å². The van der Waals surface area contributed by atoms with Crippen LogP contribution in [0.5, 0.6) is 5.75 Å². The van der Waals surface area contributed by atoms with Crippen molar-refractivity contribution in [1.29, 1.82) is 0 Å². The molecule has 62 valence electrons. The maximum absolute atomic E-state index is 13.1. The van der Waals surface area contributed by atoms with Crippen LogP contribution in [0.1, 0.15) is 0 Å². The molecule has 0 saturated heterocycles. The van der Waals surface area contributed by atoms with Crippen LogP contribution in [0.4, 0.5) is 4.39 Å². The number of fused-ring (bicyclic) bond motifs is 1. The van der Waals surface area contributed by atoms with Gasteiger partial charge < -0.3 is 5.11 Å². The van der Waals surface area contributed by atoms with E-state index in [1.54, 1.807) is 12.1 Å². The lowest BCUT2D eigenvalue weighted by Crippen LogP contribution is -1.72. The van der Waals surface area contributed by atoms with E-state index in [1.807, 2.05) is 0 Å². The summed E-state index contributed by atoms with van der Waals surface area (Å²) in [5.74, 6) is -0.389. The summed E-state index contributed by atoms with van der Waals surface area (Å²) in [6.07, 6.45) is 0. The van der Waals surface area contributed by atoms with E-state index in [4.69, 9.17) is 0 Å². The smallest absolute Gasteiger partial charge is 0.151 e. The zero-order valence-electron chi connectivity index (χ0n) is 5.84. The van der Waals surface area contributed by atoms with Gasteiger partial charge in [-0.25, -0.2) is 4.39 Å². The Balaban J connectivity index is 2.97.